The summed E-state index contributed by atoms with van der Waals surface area (Å²) in [5.41, 5.74) is 0. The van der Waals surface area contributed by atoms with Gasteiger partial charge in [-0.1, -0.05) is 292 Å². The van der Waals surface area contributed by atoms with Crippen LogP contribution in [0.15, 0.2) is 85.1 Å². The molecule has 6 heteroatoms. The van der Waals surface area contributed by atoms with Crippen LogP contribution < -0.4 is 0 Å². The Morgan fingerprint density at radius 3 is 0.738 bits per heavy atom. The highest BCUT2D eigenvalue weighted by Crippen LogP contribution is 2.17. The maximum Gasteiger partial charge on any atom is 0.306 e. The minimum absolute atomic E-state index is 0.0822. The minimum Gasteiger partial charge on any atom is -0.462 e. The molecule has 0 fully saturated rings. The first-order valence-corrected chi connectivity index (χ1v) is 34.6. The molecule has 80 heavy (non-hydrogen) atoms. The van der Waals surface area contributed by atoms with E-state index in [0.717, 1.165) is 96.3 Å². The Kier molecular flexibility index (Phi) is 65.2. The van der Waals surface area contributed by atoms with Crippen LogP contribution in [-0.4, -0.2) is 37.2 Å². The zero-order valence-electron chi connectivity index (χ0n) is 53.1. The maximum absolute atomic E-state index is 12.9. The molecule has 0 radical (unpaired) electrons. The van der Waals surface area contributed by atoms with Gasteiger partial charge in [-0.2, -0.15) is 0 Å². The number of carbonyl (C=O) groups is 3. The first-order chi connectivity index (χ1) is 39.5. The van der Waals surface area contributed by atoms with E-state index in [1.807, 2.05) is 0 Å². The molecule has 0 aromatic rings. The van der Waals surface area contributed by atoms with Gasteiger partial charge in [-0.05, 0) is 122 Å². The molecule has 0 bridgehead atoms. The molecule has 0 aromatic carbocycles. The van der Waals surface area contributed by atoms with Gasteiger partial charge in [0.15, 0.2) is 6.10 Å². The van der Waals surface area contributed by atoms with E-state index < -0.39 is 6.10 Å². The molecule has 0 heterocycles. The summed E-state index contributed by atoms with van der Waals surface area (Å²) >= 11 is 0. The molecule has 0 amide bonds. The molecule has 462 valence electrons. The van der Waals surface area contributed by atoms with Crippen LogP contribution in [0.1, 0.15) is 348 Å². The van der Waals surface area contributed by atoms with Crippen LogP contribution in [0.3, 0.4) is 0 Å². The fourth-order valence-electron chi connectivity index (χ4n) is 9.87. The van der Waals surface area contributed by atoms with Gasteiger partial charge < -0.3 is 14.2 Å². The average Bonchev–Trinajstić information content (AvgIpc) is 3.46. The highest BCUT2D eigenvalue weighted by molar-refractivity contribution is 5.71. The summed E-state index contributed by atoms with van der Waals surface area (Å²) in [7, 11) is 0. The average molecular weight is 1120 g/mol. The Morgan fingerprint density at radius 1 is 0.250 bits per heavy atom. The summed E-state index contributed by atoms with van der Waals surface area (Å²) in [5, 5.41) is 0. The quantitative estimate of drug-likeness (QED) is 0.0261. The molecule has 0 aliphatic rings. The maximum atomic E-state index is 12.9. The molecule has 0 saturated heterocycles. The van der Waals surface area contributed by atoms with Gasteiger partial charge in [-0.3, -0.25) is 14.4 Å². The van der Waals surface area contributed by atoms with Crippen LogP contribution in [0.4, 0.5) is 0 Å². The Morgan fingerprint density at radius 2 is 0.450 bits per heavy atom. The molecule has 0 aliphatic heterocycles. The number of ether oxygens (including phenoxy) is 3. The molecule has 0 N–H and O–H groups in total. The van der Waals surface area contributed by atoms with E-state index in [0.29, 0.717) is 19.3 Å². The van der Waals surface area contributed by atoms with Crippen molar-refractivity contribution in [3.63, 3.8) is 0 Å². The third kappa shape index (κ3) is 65.4. The van der Waals surface area contributed by atoms with Crippen LogP contribution in [0, 0.1) is 0 Å². The van der Waals surface area contributed by atoms with Crippen molar-refractivity contribution in [3.8, 4) is 0 Å². The molecule has 0 aliphatic carbocycles. The largest absolute Gasteiger partial charge is 0.462 e. The minimum atomic E-state index is -0.787. The van der Waals surface area contributed by atoms with Crippen LogP contribution >= 0.6 is 0 Å². The van der Waals surface area contributed by atoms with E-state index in [1.165, 1.54) is 212 Å². The van der Waals surface area contributed by atoms with Crippen LogP contribution in [0.5, 0.6) is 0 Å². The first kappa shape index (κ1) is 76.6. The second-order valence-corrected chi connectivity index (χ2v) is 23.1. The van der Waals surface area contributed by atoms with Crippen molar-refractivity contribution in [2.75, 3.05) is 13.2 Å². The Labute approximate surface area is 496 Å². The fraction of sp³-hybridized carbons (Fsp3) is 0.770. The number of allylic oxidation sites excluding steroid dienone is 14. The zero-order chi connectivity index (χ0) is 57.8. The predicted octanol–water partition coefficient (Wildman–Crippen LogP) is 23.8. The van der Waals surface area contributed by atoms with Crippen molar-refractivity contribution >= 4 is 17.9 Å². The number of hydrogen-bond donors (Lipinski definition) is 0. The molecular weight excluding hydrogens is 985 g/mol. The highest BCUT2D eigenvalue weighted by atomic mass is 16.6. The van der Waals surface area contributed by atoms with E-state index in [2.05, 4.69) is 106 Å². The van der Waals surface area contributed by atoms with Crippen LogP contribution in [-0.2, 0) is 28.6 Å². The molecule has 1 unspecified atom stereocenters. The lowest BCUT2D eigenvalue weighted by Crippen LogP contribution is -2.30. The summed E-state index contributed by atoms with van der Waals surface area (Å²) in [4.78, 5) is 38.4. The Balaban J connectivity index is 4.33. The molecule has 0 rings (SSSR count). The standard InChI is InChI=1S/C74H130O6/c1-4-7-10-13-16-19-22-25-28-31-33-34-35-36-37-38-39-40-42-43-46-49-52-55-58-61-64-67-73(76)79-70-71(69-78-72(75)66-63-60-57-54-51-48-45-30-27-24-21-18-15-12-9-6-3)80-74(77)68-65-62-59-56-53-50-47-44-41-32-29-26-23-20-17-14-11-8-5-2/h17,20-22,24-26,29-31,33,35-36,45,71H,4-16,18-19,23,27-28,32,34,37-44,46-70H2,1-3H3/b20-17-,24-21-,25-22-,29-26-,33-31-,36-35-,45-30-. The summed E-state index contributed by atoms with van der Waals surface area (Å²) in [6.07, 6.45) is 90.2. The van der Waals surface area contributed by atoms with Gasteiger partial charge in [0.1, 0.15) is 13.2 Å². The molecule has 0 aromatic heterocycles. The summed E-state index contributed by atoms with van der Waals surface area (Å²) in [6.45, 7) is 6.61. The highest BCUT2D eigenvalue weighted by Gasteiger charge is 2.19. The van der Waals surface area contributed by atoms with Gasteiger partial charge in [-0.15, -0.1) is 0 Å². The van der Waals surface area contributed by atoms with E-state index in [1.54, 1.807) is 0 Å². The van der Waals surface area contributed by atoms with Crippen molar-refractivity contribution in [2.45, 2.75) is 354 Å². The van der Waals surface area contributed by atoms with E-state index >= 15 is 0 Å². The van der Waals surface area contributed by atoms with Gasteiger partial charge in [-0.25, -0.2) is 0 Å². The number of unbranched alkanes of at least 4 members (excludes halogenated alkanes) is 38. The molecule has 0 saturated carbocycles. The second kappa shape index (κ2) is 68.1. The lowest BCUT2D eigenvalue weighted by Gasteiger charge is -2.18. The SMILES string of the molecule is CCCCC/C=C\C/C=C\CCCCCCCCCCCC(=O)OC(COC(=O)CCCCCCC/C=C\C/C=C\CCCCCC)COC(=O)CCCCCCCCCCCCCC/C=C\C/C=C\C/C=C\CCCCCCC. The van der Waals surface area contributed by atoms with Crippen molar-refractivity contribution in [3.05, 3.63) is 85.1 Å². The molecule has 6 nitrogen and oxygen atoms in total. The summed E-state index contributed by atoms with van der Waals surface area (Å²) < 4.78 is 17.0. The monoisotopic (exact) mass is 1110 g/mol. The van der Waals surface area contributed by atoms with Gasteiger partial charge in [0.05, 0.1) is 0 Å². The van der Waals surface area contributed by atoms with Gasteiger partial charge in [0.25, 0.3) is 0 Å². The molecule has 1 atom stereocenters. The van der Waals surface area contributed by atoms with Crippen molar-refractivity contribution < 1.29 is 28.6 Å². The van der Waals surface area contributed by atoms with Gasteiger partial charge in [0, 0.05) is 19.3 Å². The Bertz CT molecular complexity index is 1520. The van der Waals surface area contributed by atoms with Crippen molar-refractivity contribution in [1.82, 2.24) is 0 Å². The van der Waals surface area contributed by atoms with Crippen molar-refractivity contribution in [2.24, 2.45) is 0 Å². The summed E-state index contributed by atoms with van der Waals surface area (Å²) in [6, 6.07) is 0. The van der Waals surface area contributed by atoms with E-state index in [9.17, 15) is 14.4 Å². The summed E-state index contributed by atoms with van der Waals surface area (Å²) in [5.74, 6) is -0.886. The Hall–Kier alpha value is -3.41. The first-order valence-electron chi connectivity index (χ1n) is 34.6. The number of esters is 3. The van der Waals surface area contributed by atoms with Gasteiger partial charge in [0.2, 0.25) is 0 Å². The zero-order valence-corrected chi connectivity index (χ0v) is 53.1. The van der Waals surface area contributed by atoms with E-state index in [4.69, 9.17) is 14.2 Å². The van der Waals surface area contributed by atoms with Crippen LogP contribution in [0.2, 0.25) is 0 Å². The normalized spacial score (nSPS) is 12.6. The lowest BCUT2D eigenvalue weighted by molar-refractivity contribution is -0.167. The second-order valence-electron chi connectivity index (χ2n) is 23.1. The van der Waals surface area contributed by atoms with Crippen molar-refractivity contribution in [1.29, 1.82) is 0 Å². The van der Waals surface area contributed by atoms with Crippen LogP contribution in [0.25, 0.3) is 0 Å². The smallest absolute Gasteiger partial charge is 0.306 e. The molecular formula is C74H130O6. The third-order valence-corrected chi connectivity index (χ3v) is 15.1. The fourth-order valence-corrected chi connectivity index (χ4v) is 9.87. The number of hydrogen-bond acceptors (Lipinski definition) is 6. The predicted molar refractivity (Wildman–Crippen MR) is 348 cm³/mol. The number of rotatable bonds is 63. The molecule has 0 spiro atoms. The topological polar surface area (TPSA) is 78.9 Å². The lowest BCUT2D eigenvalue weighted by atomic mass is 10.0. The van der Waals surface area contributed by atoms with E-state index in [-0.39, 0.29) is 31.1 Å². The van der Waals surface area contributed by atoms with Gasteiger partial charge >= 0.3 is 17.9 Å². The number of carbonyl (C=O) groups excluding carboxylic acids is 3. The third-order valence-electron chi connectivity index (χ3n) is 15.1.